The Kier molecular flexibility index (Phi) is 6.29. The summed E-state index contributed by atoms with van der Waals surface area (Å²) in [5, 5.41) is 9.68. The van der Waals surface area contributed by atoms with Crippen LogP contribution in [0.15, 0.2) is 16.6 Å². The number of ether oxygens (including phenoxy) is 1. The molecule has 0 aromatic heterocycles. The molecule has 8 heteroatoms. The molecule has 2 amide bonds. The zero-order valence-corrected chi connectivity index (χ0v) is 17.0. The molecule has 1 aliphatic heterocycles. The average Bonchev–Trinajstić information content (AvgIpc) is 2.57. The molecule has 1 N–H and O–H groups in total. The molecule has 2 rings (SSSR count). The number of piperazine rings is 1. The van der Waals surface area contributed by atoms with Gasteiger partial charge in [0, 0.05) is 24.1 Å². The van der Waals surface area contributed by atoms with Crippen molar-refractivity contribution in [3.05, 3.63) is 33.5 Å². The maximum atomic E-state index is 14.5. The highest BCUT2D eigenvalue weighted by atomic mass is 79.9. The number of carbonyl (C=O) groups excluding carboxylic acids is 2. The Labute approximate surface area is 161 Å². The predicted octanol–water partition coefficient (Wildman–Crippen LogP) is 2.95. The summed E-state index contributed by atoms with van der Waals surface area (Å²) < 4.78 is 20.4. The molecular formula is C18H24BrFN2O4. The minimum absolute atomic E-state index is 0.0464. The Bertz CT molecular complexity index is 705. The maximum Gasteiger partial charge on any atom is 0.410 e. The third kappa shape index (κ3) is 4.54. The summed E-state index contributed by atoms with van der Waals surface area (Å²) >= 11 is 3.24. The van der Waals surface area contributed by atoms with E-state index >= 15 is 0 Å². The fourth-order valence-electron chi connectivity index (χ4n) is 2.75. The molecule has 144 valence electrons. The SMILES string of the molecule is Cc1c(Br)ccc(C(=O)N2CCN(C(=O)OC(C)(C)C)C[C@@H]2CO)c1F. The van der Waals surface area contributed by atoms with Crippen LogP contribution in [0.25, 0.3) is 0 Å². The lowest BCUT2D eigenvalue weighted by molar-refractivity contribution is -0.00255. The molecule has 0 unspecified atom stereocenters. The smallest absolute Gasteiger partial charge is 0.410 e. The van der Waals surface area contributed by atoms with E-state index in [4.69, 9.17) is 4.74 Å². The average molecular weight is 431 g/mol. The molecule has 1 fully saturated rings. The molecule has 1 saturated heterocycles. The second-order valence-electron chi connectivity index (χ2n) is 7.30. The molecular weight excluding hydrogens is 407 g/mol. The first-order chi connectivity index (χ1) is 12.0. The van der Waals surface area contributed by atoms with E-state index in [0.717, 1.165) is 0 Å². The highest BCUT2D eigenvalue weighted by molar-refractivity contribution is 9.10. The van der Waals surface area contributed by atoms with Crippen LogP contribution in [0.4, 0.5) is 9.18 Å². The first kappa shape index (κ1) is 20.6. The lowest BCUT2D eigenvalue weighted by Gasteiger charge is -2.41. The van der Waals surface area contributed by atoms with Gasteiger partial charge in [-0.1, -0.05) is 15.9 Å². The minimum atomic E-state index is -0.628. The zero-order valence-electron chi connectivity index (χ0n) is 15.4. The number of hydrogen-bond acceptors (Lipinski definition) is 4. The first-order valence-electron chi connectivity index (χ1n) is 8.39. The molecule has 1 aliphatic rings. The second-order valence-corrected chi connectivity index (χ2v) is 8.15. The molecule has 1 aromatic rings. The van der Waals surface area contributed by atoms with Crippen molar-refractivity contribution in [2.75, 3.05) is 26.2 Å². The van der Waals surface area contributed by atoms with Crippen molar-refractivity contribution in [3.8, 4) is 0 Å². The highest BCUT2D eigenvalue weighted by Gasteiger charge is 2.35. The van der Waals surface area contributed by atoms with Crippen molar-refractivity contribution in [1.29, 1.82) is 0 Å². The Morgan fingerprint density at radius 1 is 1.35 bits per heavy atom. The van der Waals surface area contributed by atoms with Gasteiger partial charge in [0.25, 0.3) is 5.91 Å². The molecule has 1 atom stereocenters. The fourth-order valence-corrected chi connectivity index (χ4v) is 3.06. The van der Waals surface area contributed by atoms with Gasteiger partial charge in [-0.25, -0.2) is 9.18 Å². The zero-order chi connectivity index (χ0) is 19.6. The molecule has 0 radical (unpaired) electrons. The number of rotatable bonds is 2. The Morgan fingerprint density at radius 3 is 2.58 bits per heavy atom. The van der Waals surface area contributed by atoms with E-state index in [1.165, 1.54) is 15.9 Å². The van der Waals surface area contributed by atoms with Crippen LogP contribution in [-0.2, 0) is 4.74 Å². The largest absolute Gasteiger partial charge is 0.444 e. The first-order valence-corrected chi connectivity index (χ1v) is 9.18. The van der Waals surface area contributed by atoms with Gasteiger partial charge in [-0.2, -0.15) is 0 Å². The number of aliphatic hydroxyl groups is 1. The monoisotopic (exact) mass is 430 g/mol. The van der Waals surface area contributed by atoms with Crippen molar-refractivity contribution < 1.29 is 23.8 Å². The summed E-state index contributed by atoms with van der Waals surface area (Å²) in [7, 11) is 0. The van der Waals surface area contributed by atoms with Crippen molar-refractivity contribution in [2.24, 2.45) is 0 Å². The number of amides is 2. The topological polar surface area (TPSA) is 70.1 Å². The summed E-state index contributed by atoms with van der Waals surface area (Å²) in [6, 6.07) is 2.42. The second kappa shape index (κ2) is 7.92. The fraction of sp³-hybridized carbons (Fsp3) is 0.556. The molecule has 0 spiro atoms. The van der Waals surface area contributed by atoms with Crippen molar-refractivity contribution in [1.82, 2.24) is 9.80 Å². The standard InChI is InChI=1S/C18H24BrFN2O4/c1-11-14(19)6-5-13(15(11)20)16(24)22-8-7-21(9-12(22)10-23)17(25)26-18(2,3)4/h5-6,12,23H,7-10H2,1-4H3/t12-/m1/s1. The Balaban J connectivity index is 2.16. The van der Waals surface area contributed by atoms with Gasteiger partial charge in [-0.15, -0.1) is 0 Å². The number of aliphatic hydroxyl groups excluding tert-OH is 1. The van der Waals surface area contributed by atoms with E-state index in [1.807, 2.05) is 0 Å². The van der Waals surface area contributed by atoms with E-state index in [-0.39, 0.29) is 31.8 Å². The van der Waals surface area contributed by atoms with E-state index in [0.29, 0.717) is 10.0 Å². The summed E-state index contributed by atoms with van der Waals surface area (Å²) in [6.07, 6.45) is -0.492. The Morgan fingerprint density at radius 2 is 2.00 bits per heavy atom. The van der Waals surface area contributed by atoms with E-state index in [1.54, 1.807) is 33.8 Å². The van der Waals surface area contributed by atoms with Gasteiger partial charge >= 0.3 is 6.09 Å². The molecule has 0 saturated carbocycles. The van der Waals surface area contributed by atoms with Crippen LogP contribution < -0.4 is 0 Å². The molecule has 6 nitrogen and oxygen atoms in total. The molecule has 26 heavy (non-hydrogen) atoms. The van der Waals surface area contributed by atoms with Crippen LogP contribution in [0.3, 0.4) is 0 Å². The molecule has 0 aliphatic carbocycles. The van der Waals surface area contributed by atoms with Gasteiger partial charge in [0.2, 0.25) is 0 Å². The van der Waals surface area contributed by atoms with Crippen LogP contribution >= 0.6 is 15.9 Å². The third-order valence-corrected chi connectivity index (χ3v) is 5.02. The van der Waals surface area contributed by atoms with Gasteiger partial charge in [0.1, 0.15) is 11.4 Å². The summed E-state index contributed by atoms with van der Waals surface area (Å²) in [5.41, 5.74) is -0.324. The van der Waals surface area contributed by atoms with Crippen LogP contribution in [0, 0.1) is 12.7 Å². The number of hydrogen-bond donors (Lipinski definition) is 1. The summed E-state index contributed by atoms with van der Waals surface area (Å²) in [4.78, 5) is 27.9. The number of benzene rings is 1. The van der Waals surface area contributed by atoms with Crippen LogP contribution in [-0.4, -0.2) is 64.8 Å². The van der Waals surface area contributed by atoms with Crippen LogP contribution in [0.5, 0.6) is 0 Å². The molecule has 1 aromatic carbocycles. The summed E-state index contributed by atoms with van der Waals surface area (Å²) in [6.45, 7) is 7.15. The minimum Gasteiger partial charge on any atom is -0.444 e. The van der Waals surface area contributed by atoms with Crippen molar-refractivity contribution in [2.45, 2.75) is 39.3 Å². The third-order valence-electron chi connectivity index (χ3n) is 4.16. The quantitative estimate of drug-likeness (QED) is 0.782. The number of halogens is 2. The Hall–Kier alpha value is -1.67. The van der Waals surface area contributed by atoms with Gasteiger partial charge in [0.15, 0.2) is 0 Å². The van der Waals surface area contributed by atoms with E-state index in [9.17, 15) is 19.1 Å². The normalized spacial score (nSPS) is 18.0. The lowest BCUT2D eigenvalue weighted by Crippen LogP contribution is -2.58. The predicted molar refractivity (Wildman–Crippen MR) is 98.6 cm³/mol. The van der Waals surface area contributed by atoms with Crippen molar-refractivity contribution >= 4 is 27.9 Å². The van der Waals surface area contributed by atoms with E-state index in [2.05, 4.69) is 15.9 Å². The van der Waals surface area contributed by atoms with Gasteiger partial charge in [0.05, 0.1) is 18.2 Å². The van der Waals surface area contributed by atoms with Crippen LogP contribution in [0.2, 0.25) is 0 Å². The van der Waals surface area contributed by atoms with E-state index < -0.39 is 29.5 Å². The number of nitrogens with zero attached hydrogens (tertiary/aromatic N) is 2. The summed E-state index contributed by atoms with van der Waals surface area (Å²) in [5.74, 6) is -1.09. The van der Waals surface area contributed by atoms with Gasteiger partial charge < -0.3 is 19.6 Å². The number of carbonyl (C=O) groups is 2. The van der Waals surface area contributed by atoms with Crippen molar-refractivity contribution in [3.63, 3.8) is 0 Å². The van der Waals surface area contributed by atoms with Gasteiger partial charge in [-0.05, 0) is 45.4 Å². The van der Waals surface area contributed by atoms with Gasteiger partial charge in [-0.3, -0.25) is 4.79 Å². The highest BCUT2D eigenvalue weighted by Crippen LogP contribution is 2.24. The lowest BCUT2D eigenvalue weighted by atomic mass is 10.1. The maximum absolute atomic E-state index is 14.5. The molecule has 1 heterocycles. The molecule has 0 bridgehead atoms. The van der Waals surface area contributed by atoms with Crippen LogP contribution in [0.1, 0.15) is 36.7 Å².